The molecule has 0 spiro atoms. The van der Waals surface area contributed by atoms with Crippen LogP contribution in [-0.4, -0.2) is 33.9 Å². The lowest BCUT2D eigenvalue weighted by Crippen LogP contribution is -2.13. The van der Waals surface area contributed by atoms with Crippen molar-refractivity contribution in [3.05, 3.63) is 71.2 Å². The van der Waals surface area contributed by atoms with Crippen LogP contribution in [0.3, 0.4) is 0 Å². The zero-order chi connectivity index (χ0) is 18.5. The molecule has 3 aromatic rings. The van der Waals surface area contributed by atoms with Gasteiger partial charge in [0.25, 0.3) is 0 Å². The number of hydrogen-bond donors (Lipinski definition) is 0. The molecule has 26 heavy (non-hydrogen) atoms. The van der Waals surface area contributed by atoms with Crippen LogP contribution in [-0.2, 0) is 4.74 Å². The number of ether oxygens (including phenoxy) is 2. The zero-order valence-corrected chi connectivity index (χ0v) is 15.1. The van der Waals surface area contributed by atoms with E-state index in [1.165, 1.54) is 11.8 Å². The molecule has 6 heteroatoms. The molecule has 0 atom stereocenters. The van der Waals surface area contributed by atoms with E-state index >= 15 is 0 Å². The molecular formula is C20H21N3O3. The third-order valence-electron chi connectivity index (χ3n) is 3.82. The minimum atomic E-state index is -0.426. The molecule has 3 rings (SSSR count). The van der Waals surface area contributed by atoms with Gasteiger partial charge in [-0.25, -0.2) is 14.5 Å². The number of aryl methyl sites for hydroxylation is 3. The Bertz CT molecular complexity index is 884. The van der Waals surface area contributed by atoms with Crippen LogP contribution in [0, 0.1) is 20.8 Å². The molecule has 2 aromatic heterocycles. The van der Waals surface area contributed by atoms with E-state index in [1.54, 1.807) is 16.8 Å². The molecule has 2 heterocycles. The maximum atomic E-state index is 12.1. The lowest BCUT2D eigenvalue weighted by atomic mass is 10.2. The molecule has 0 bridgehead atoms. The normalized spacial score (nSPS) is 10.6. The summed E-state index contributed by atoms with van der Waals surface area (Å²) in [6, 6.07) is 13.1. The summed E-state index contributed by atoms with van der Waals surface area (Å²) in [6.45, 7) is 6.36. The second-order valence-electron chi connectivity index (χ2n) is 6.04. The highest BCUT2D eigenvalue weighted by molar-refractivity contribution is 5.89. The molecule has 0 saturated carbocycles. The van der Waals surface area contributed by atoms with Crippen molar-refractivity contribution in [1.82, 2.24) is 14.8 Å². The first-order chi connectivity index (χ1) is 12.5. The van der Waals surface area contributed by atoms with Crippen LogP contribution < -0.4 is 4.74 Å². The van der Waals surface area contributed by atoms with Crippen molar-refractivity contribution in [2.45, 2.75) is 20.8 Å². The minimum absolute atomic E-state index is 0.173. The summed E-state index contributed by atoms with van der Waals surface area (Å²) in [6.07, 6.45) is 1.49. The summed E-state index contributed by atoms with van der Waals surface area (Å²) in [5, 5.41) is 4.37. The molecule has 0 radical (unpaired) electrons. The fourth-order valence-corrected chi connectivity index (χ4v) is 2.50. The molecule has 0 aliphatic carbocycles. The maximum absolute atomic E-state index is 12.1. The minimum Gasteiger partial charge on any atom is -0.490 e. The Morgan fingerprint density at radius 2 is 1.81 bits per heavy atom. The summed E-state index contributed by atoms with van der Waals surface area (Å²) in [4.78, 5) is 16.4. The van der Waals surface area contributed by atoms with Gasteiger partial charge in [0.05, 0.1) is 11.3 Å². The van der Waals surface area contributed by atoms with E-state index in [9.17, 15) is 4.79 Å². The van der Waals surface area contributed by atoms with Crippen molar-refractivity contribution < 1.29 is 14.3 Å². The standard InChI is InChI=1S/C20H21N3O3/c1-14-4-7-18(8-5-14)25-10-11-26-20(24)17-6-9-19(21-13-17)23-16(3)12-15(2)22-23/h4-9,12-13H,10-11H2,1-3H3. The Morgan fingerprint density at radius 3 is 2.42 bits per heavy atom. The first kappa shape index (κ1) is 17.7. The zero-order valence-electron chi connectivity index (χ0n) is 15.1. The predicted octanol–water partition coefficient (Wildman–Crippen LogP) is 3.43. The lowest BCUT2D eigenvalue weighted by molar-refractivity contribution is 0.0450. The average molecular weight is 351 g/mol. The highest BCUT2D eigenvalue weighted by Gasteiger charge is 2.10. The van der Waals surface area contributed by atoms with Gasteiger partial charge in [-0.2, -0.15) is 5.10 Å². The lowest BCUT2D eigenvalue weighted by Gasteiger charge is -2.08. The van der Waals surface area contributed by atoms with Crippen LogP contribution in [0.4, 0.5) is 0 Å². The van der Waals surface area contributed by atoms with Crippen molar-refractivity contribution in [1.29, 1.82) is 0 Å². The summed E-state index contributed by atoms with van der Waals surface area (Å²) in [7, 11) is 0. The Hall–Kier alpha value is -3.15. The van der Waals surface area contributed by atoms with Crippen LogP contribution in [0.15, 0.2) is 48.7 Å². The summed E-state index contributed by atoms with van der Waals surface area (Å²) < 4.78 is 12.5. The van der Waals surface area contributed by atoms with Gasteiger partial charge in [-0.3, -0.25) is 0 Å². The summed E-state index contributed by atoms with van der Waals surface area (Å²) >= 11 is 0. The first-order valence-corrected chi connectivity index (χ1v) is 8.39. The highest BCUT2D eigenvalue weighted by Crippen LogP contribution is 2.12. The van der Waals surface area contributed by atoms with Crippen LogP contribution in [0.5, 0.6) is 5.75 Å². The Labute approximate surface area is 152 Å². The number of esters is 1. The molecule has 1 aromatic carbocycles. The molecular weight excluding hydrogens is 330 g/mol. The average Bonchev–Trinajstić information content (AvgIpc) is 2.98. The fraction of sp³-hybridized carbons (Fsp3) is 0.250. The maximum Gasteiger partial charge on any atom is 0.339 e. The topological polar surface area (TPSA) is 66.2 Å². The Morgan fingerprint density at radius 1 is 1.04 bits per heavy atom. The van der Waals surface area contributed by atoms with Crippen molar-refractivity contribution >= 4 is 5.97 Å². The number of hydrogen-bond acceptors (Lipinski definition) is 5. The van der Waals surface area contributed by atoms with Gasteiger partial charge in [-0.1, -0.05) is 17.7 Å². The van der Waals surface area contributed by atoms with Gasteiger partial charge in [0.15, 0.2) is 5.82 Å². The van der Waals surface area contributed by atoms with Gasteiger partial charge in [0.2, 0.25) is 0 Å². The van der Waals surface area contributed by atoms with E-state index < -0.39 is 5.97 Å². The number of rotatable bonds is 6. The van der Waals surface area contributed by atoms with Crippen molar-refractivity contribution in [3.63, 3.8) is 0 Å². The number of nitrogens with zero attached hydrogens (tertiary/aromatic N) is 3. The molecule has 0 N–H and O–H groups in total. The van der Waals surface area contributed by atoms with E-state index in [1.807, 2.05) is 51.1 Å². The molecule has 0 amide bonds. The van der Waals surface area contributed by atoms with E-state index in [4.69, 9.17) is 9.47 Å². The van der Waals surface area contributed by atoms with Gasteiger partial charge in [0.1, 0.15) is 19.0 Å². The molecule has 0 saturated heterocycles. The SMILES string of the molecule is Cc1ccc(OCCOC(=O)c2ccc(-n3nc(C)cc3C)nc2)cc1. The van der Waals surface area contributed by atoms with Crippen LogP contribution >= 0.6 is 0 Å². The number of carbonyl (C=O) groups is 1. The first-order valence-electron chi connectivity index (χ1n) is 8.39. The molecule has 134 valence electrons. The summed E-state index contributed by atoms with van der Waals surface area (Å²) in [5.74, 6) is 0.988. The van der Waals surface area contributed by atoms with Gasteiger partial charge in [0, 0.05) is 11.9 Å². The molecule has 0 fully saturated rings. The predicted molar refractivity (Wildman–Crippen MR) is 97.8 cm³/mol. The van der Waals surface area contributed by atoms with Crippen molar-refractivity contribution in [2.75, 3.05) is 13.2 Å². The molecule has 0 unspecified atom stereocenters. The third-order valence-corrected chi connectivity index (χ3v) is 3.82. The van der Waals surface area contributed by atoms with Crippen molar-refractivity contribution in [2.24, 2.45) is 0 Å². The van der Waals surface area contributed by atoms with Crippen molar-refractivity contribution in [3.8, 4) is 11.6 Å². The van der Waals surface area contributed by atoms with Crippen LogP contribution in [0.1, 0.15) is 27.3 Å². The second-order valence-corrected chi connectivity index (χ2v) is 6.04. The highest BCUT2D eigenvalue weighted by atomic mass is 16.6. The van der Waals surface area contributed by atoms with Gasteiger partial charge >= 0.3 is 5.97 Å². The second kappa shape index (κ2) is 7.82. The number of pyridine rings is 1. The Balaban J connectivity index is 1.51. The smallest absolute Gasteiger partial charge is 0.339 e. The third kappa shape index (κ3) is 4.27. The molecule has 0 aliphatic heterocycles. The monoisotopic (exact) mass is 351 g/mol. The van der Waals surface area contributed by atoms with E-state index in [2.05, 4.69) is 10.1 Å². The van der Waals surface area contributed by atoms with E-state index in [0.717, 1.165) is 17.1 Å². The van der Waals surface area contributed by atoms with Gasteiger partial charge in [-0.15, -0.1) is 0 Å². The Kier molecular flexibility index (Phi) is 5.31. The van der Waals surface area contributed by atoms with E-state index in [-0.39, 0.29) is 6.61 Å². The van der Waals surface area contributed by atoms with E-state index in [0.29, 0.717) is 18.0 Å². The summed E-state index contributed by atoms with van der Waals surface area (Å²) in [5.41, 5.74) is 3.46. The van der Waals surface area contributed by atoms with Crippen LogP contribution in [0.2, 0.25) is 0 Å². The van der Waals surface area contributed by atoms with Crippen LogP contribution in [0.25, 0.3) is 5.82 Å². The van der Waals surface area contributed by atoms with Gasteiger partial charge < -0.3 is 9.47 Å². The number of aromatic nitrogens is 3. The quantitative estimate of drug-likeness (QED) is 0.503. The number of carbonyl (C=O) groups excluding carboxylic acids is 1. The molecule has 0 aliphatic rings. The molecule has 6 nitrogen and oxygen atoms in total. The largest absolute Gasteiger partial charge is 0.490 e. The van der Waals surface area contributed by atoms with Gasteiger partial charge in [-0.05, 0) is 51.1 Å². The number of benzene rings is 1. The fourth-order valence-electron chi connectivity index (χ4n) is 2.50.